The summed E-state index contributed by atoms with van der Waals surface area (Å²) in [6.45, 7) is 1.57. The van der Waals surface area contributed by atoms with Gasteiger partial charge in [-0.05, 0) is 12.1 Å². The molecule has 0 fully saturated rings. The normalized spacial score (nSPS) is 17.5. The Balaban J connectivity index is 1.59. The number of aromatic nitrogens is 2. The van der Waals surface area contributed by atoms with Crippen molar-refractivity contribution in [2.75, 3.05) is 23.7 Å². The van der Waals surface area contributed by atoms with Gasteiger partial charge < -0.3 is 15.4 Å². The third-order valence-electron chi connectivity index (χ3n) is 2.94. The highest BCUT2D eigenvalue weighted by Crippen LogP contribution is 2.28. The quantitative estimate of drug-likeness (QED) is 0.863. The van der Waals surface area contributed by atoms with Crippen LogP contribution in [0.15, 0.2) is 36.7 Å². The van der Waals surface area contributed by atoms with Crippen LogP contribution in [-0.2, 0) is 7.05 Å². The van der Waals surface area contributed by atoms with E-state index in [1.54, 1.807) is 4.68 Å². The van der Waals surface area contributed by atoms with Crippen molar-refractivity contribution >= 4 is 11.4 Å². The number of hydrogen-bond acceptors (Lipinski definition) is 4. The van der Waals surface area contributed by atoms with Gasteiger partial charge in [-0.1, -0.05) is 12.1 Å². The van der Waals surface area contributed by atoms with Crippen LogP contribution in [0.2, 0.25) is 0 Å². The first kappa shape index (κ1) is 11.0. The first-order valence-corrected chi connectivity index (χ1v) is 6.03. The molecule has 5 heteroatoms. The SMILES string of the molecule is Cn1cc(NCC2CNc3ccccc3O2)cn1. The largest absolute Gasteiger partial charge is 0.485 e. The van der Waals surface area contributed by atoms with Crippen LogP contribution in [0.4, 0.5) is 11.4 Å². The van der Waals surface area contributed by atoms with E-state index in [-0.39, 0.29) is 6.10 Å². The van der Waals surface area contributed by atoms with Crippen molar-refractivity contribution in [1.29, 1.82) is 0 Å². The number of aryl methyl sites for hydroxylation is 1. The molecule has 0 spiro atoms. The Kier molecular flexibility index (Phi) is 2.80. The van der Waals surface area contributed by atoms with Gasteiger partial charge in [-0.3, -0.25) is 4.68 Å². The van der Waals surface area contributed by atoms with E-state index in [4.69, 9.17) is 4.74 Å². The molecule has 5 nitrogen and oxygen atoms in total. The summed E-state index contributed by atoms with van der Waals surface area (Å²) in [6.07, 6.45) is 3.88. The van der Waals surface area contributed by atoms with Gasteiger partial charge in [0.1, 0.15) is 11.9 Å². The molecule has 3 rings (SSSR count). The van der Waals surface area contributed by atoms with E-state index in [0.29, 0.717) is 0 Å². The summed E-state index contributed by atoms with van der Waals surface area (Å²) in [7, 11) is 1.90. The first-order valence-electron chi connectivity index (χ1n) is 6.03. The van der Waals surface area contributed by atoms with Crippen molar-refractivity contribution in [3.05, 3.63) is 36.7 Å². The first-order chi connectivity index (χ1) is 8.81. The maximum Gasteiger partial charge on any atom is 0.143 e. The van der Waals surface area contributed by atoms with Crippen LogP contribution in [0.25, 0.3) is 0 Å². The fraction of sp³-hybridized carbons (Fsp3) is 0.308. The minimum atomic E-state index is 0.125. The molecule has 0 bridgehead atoms. The Morgan fingerprint density at radius 2 is 2.39 bits per heavy atom. The van der Waals surface area contributed by atoms with Gasteiger partial charge in [-0.25, -0.2) is 0 Å². The number of fused-ring (bicyclic) bond motifs is 1. The van der Waals surface area contributed by atoms with E-state index in [1.165, 1.54) is 0 Å². The molecule has 1 aliphatic rings. The Hall–Kier alpha value is -2.17. The van der Waals surface area contributed by atoms with Crippen LogP contribution in [0.1, 0.15) is 0 Å². The molecule has 0 amide bonds. The van der Waals surface area contributed by atoms with E-state index in [2.05, 4.69) is 15.7 Å². The highest BCUT2D eigenvalue weighted by atomic mass is 16.5. The van der Waals surface area contributed by atoms with Crippen molar-refractivity contribution < 1.29 is 4.74 Å². The van der Waals surface area contributed by atoms with Gasteiger partial charge >= 0.3 is 0 Å². The third-order valence-corrected chi connectivity index (χ3v) is 2.94. The summed E-state index contributed by atoms with van der Waals surface area (Å²) in [4.78, 5) is 0. The number of nitrogens with zero attached hydrogens (tertiary/aromatic N) is 2. The average Bonchev–Trinajstić information content (AvgIpc) is 2.82. The van der Waals surface area contributed by atoms with Crippen molar-refractivity contribution in [2.45, 2.75) is 6.10 Å². The minimum Gasteiger partial charge on any atom is -0.485 e. The van der Waals surface area contributed by atoms with Crippen LogP contribution in [0.3, 0.4) is 0 Å². The number of benzene rings is 1. The zero-order valence-corrected chi connectivity index (χ0v) is 10.3. The molecule has 1 atom stereocenters. The monoisotopic (exact) mass is 244 g/mol. The maximum absolute atomic E-state index is 5.91. The lowest BCUT2D eigenvalue weighted by Crippen LogP contribution is -2.36. The summed E-state index contributed by atoms with van der Waals surface area (Å²) in [5.41, 5.74) is 2.08. The second kappa shape index (κ2) is 4.60. The smallest absolute Gasteiger partial charge is 0.143 e. The summed E-state index contributed by atoms with van der Waals surface area (Å²) in [5, 5.41) is 10.8. The van der Waals surface area contributed by atoms with E-state index < -0.39 is 0 Å². The van der Waals surface area contributed by atoms with E-state index in [1.807, 2.05) is 43.7 Å². The minimum absolute atomic E-state index is 0.125. The number of rotatable bonds is 3. The Morgan fingerprint density at radius 1 is 1.50 bits per heavy atom. The zero-order valence-electron chi connectivity index (χ0n) is 10.3. The topological polar surface area (TPSA) is 51.1 Å². The van der Waals surface area contributed by atoms with E-state index >= 15 is 0 Å². The molecule has 0 saturated carbocycles. The van der Waals surface area contributed by atoms with Gasteiger partial charge in [0.25, 0.3) is 0 Å². The molecule has 1 aromatic carbocycles. The highest BCUT2D eigenvalue weighted by molar-refractivity contribution is 5.57. The van der Waals surface area contributed by atoms with Crippen molar-refractivity contribution in [3.63, 3.8) is 0 Å². The number of para-hydroxylation sites is 2. The van der Waals surface area contributed by atoms with Gasteiger partial charge in [-0.15, -0.1) is 0 Å². The number of nitrogens with one attached hydrogen (secondary N) is 2. The Bertz CT molecular complexity index is 537. The third kappa shape index (κ3) is 2.25. The van der Waals surface area contributed by atoms with Gasteiger partial charge in [0, 0.05) is 13.2 Å². The maximum atomic E-state index is 5.91. The second-order valence-electron chi connectivity index (χ2n) is 4.40. The molecule has 2 N–H and O–H groups in total. The number of hydrogen-bond donors (Lipinski definition) is 2. The van der Waals surface area contributed by atoms with Crippen LogP contribution < -0.4 is 15.4 Å². The Labute approximate surface area is 106 Å². The molecule has 1 unspecified atom stereocenters. The van der Waals surface area contributed by atoms with Crippen LogP contribution in [0, 0.1) is 0 Å². The van der Waals surface area contributed by atoms with Gasteiger partial charge in [0.2, 0.25) is 0 Å². The summed E-state index contributed by atoms with van der Waals surface area (Å²) < 4.78 is 7.68. The predicted octanol–water partition coefficient (Wildman–Crippen LogP) is 1.71. The average molecular weight is 244 g/mol. The lowest BCUT2D eigenvalue weighted by Gasteiger charge is -2.27. The summed E-state index contributed by atoms with van der Waals surface area (Å²) in [6, 6.07) is 8.00. The lowest BCUT2D eigenvalue weighted by atomic mass is 10.2. The molecular formula is C13H16N4O. The fourth-order valence-corrected chi connectivity index (χ4v) is 2.02. The molecule has 2 heterocycles. The van der Waals surface area contributed by atoms with E-state index in [0.717, 1.165) is 30.2 Å². The van der Waals surface area contributed by atoms with Crippen LogP contribution in [0.5, 0.6) is 5.75 Å². The molecule has 2 aromatic rings. The van der Waals surface area contributed by atoms with Crippen molar-refractivity contribution in [2.24, 2.45) is 7.05 Å². The van der Waals surface area contributed by atoms with Gasteiger partial charge in [-0.2, -0.15) is 5.10 Å². The molecule has 94 valence electrons. The zero-order chi connectivity index (χ0) is 12.4. The Morgan fingerprint density at radius 3 is 3.22 bits per heavy atom. The van der Waals surface area contributed by atoms with Gasteiger partial charge in [0.05, 0.1) is 30.7 Å². The summed E-state index contributed by atoms with van der Waals surface area (Å²) in [5.74, 6) is 0.918. The molecule has 0 radical (unpaired) electrons. The summed E-state index contributed by atoms with van der Waals surface area (Å²) >= 11 is 0. The number of anilines is 2. The van der Waals surface area contributed by atoms with Crippen LogP contribution in [-0.4, -0.2) is 29.0 Å². The molecular weight excluding hydrogens is 228 g/mol. The standard InChI is InChI=1S/C13H16N4O/c1-17-9-10(6-16-17)14-7-11-8-15-12-4-2-3-5-13(12)18-11/h2-6,9,11,14-15H,7-8H2,1H3. The lowest BCUT2D eigenvalue weighted by molar-refractivity contribution is 0.218. The number of ether oxygens (including phenoxy) is 1. The van der Waals surface area contributed by atoms with Gasteiger partial charge in [0.15, 0.2) is 0 Å². The predicted molar refractivity (Wildman–Crippen MR) is 71.0 cm³/mol. The fourth-order valence-electron chi connectivity index (χ4n) is 2.02. The van der Waals surface area contributed by atoms with Crippen LogP contribution >= 0.6 is 0 Å². The molecule has 0 saturated heterocycles. The highest BCUT2D eigenvalue weighted by Gasteiger charge is 2.18. The molecule has 18 heavy (non-hydrogen) atoms. The molecule has 1 aromatic heterocycles. The van der Waals surface area contributed by atoms with Crippen molar-refractivity contribution in [1.82, 2.24) is 9.78 Å². The van der Waals surface area contributed by atoms with Crippen molar-refractivity contribution in [3.8, 4) is 5.75 Å². The van der Waals surface area contributed by atoms with E-state index in [9.17, 15) is 0 Å². The molecule has 0 aliphatic carbocycles. The molecule has 1 aliphatic heterocycles. The second-order valence-corrected chi connectivity index (χ2v) is 4.40.